The summed E-state index contributed by atoms with van der Waals surface area (Å²) in [6, 6.07) is 8.62. The van der Waals surface area contributed by atoms with Crippen LogP contribution in [0.4, 0.5) is 0 Å². The van der Waals surface area contributed by atoms with E-state index >= 15 is 0 Å². The first kappa shape index (κ1) is 16.5. The molecule has 1 N–H and O–H groups in total. The largest absolute Gasteiger partial charge is 0.481 e. The lowest BCUT2D eigenvalue weighted by Crippen LogP contribution is -2.24. The minimum atomic E-state index is -0.295. The molecule has 128 valence electrons. The van der Waals surface area contributed by atoms with Gasteiger partial charge in [-0.05, 0) is 24.3 Å². The second-order valence-electron chi connectivity index (χ2n) is 4.90. The van der Waals surface area contributed by atoms with Crippen LogP contribution >= 0.6 is 0 Å². The van der Waals surface area contributed by atoms with Crippen LogP contribution in [0.25, 0.3) is 0 Å². The highest BCUT2D eigenvalue weighted by molar-refractivity contribution is 5.96. The van der Waals surface area contributed by atoms with Gasteiger partial charge in [-0.15, -0.1) is 0 Å². The third-order valence-corrected chi connectivity index (χ3v) is 3.33. The van der Waals surface area contributed by atoms with E-state index in [1.165, 1.54) is 7.11 Å². The lowest BCUT2D eigenvalue weighted by atomic mass is 10.2. The number of hydrogen-bond donors (Lipinski definition) is 1. The number of carbonyl (C=O) groups excluding carboxylic acids is 1. The number of rotatable bonds is 5. The zero-order valence-electron chi connectivity index (χ0n) is 13.6. The van der Waals surface area contributed by atoms with E-state index in [0.717, 1.165) is 0 Å². The molecule has 1 aliphatic heterocycles. The summed E-state index contributed by atoms with van der Waals surface area (Å²) in [4.78, 5) is 16.0. The van der Waals surface area contributed by atoms with Crippen molar-refractivity contribution in [1.29, 1.82) is 0 Å². The van der Waals surface area contributed by atoms with Crippen molar-refractivity contribution in [2.24, 2.45) is 0 Å². The van der Waals surface area contributed by atoms with Crippen molar-refractivity contribution in [3.05, 3.63) is 42.1 Å². The Morgan fingerprint density at radius 3 is 3.04 bits per heavy atom. The number of nitrogens with zero attached hydrogens (tertiary/aromatic N) is 1. The fraction of sp³-hybridized carbons (Fsp3) is 0.222. The molecular weight excluding hydrogens is 324 g/mol. The number of hydrogen-bond acceptors (Lipinski definition) is 6. The Morgan fingerprint density at radius 1 is 1.28 bits per heavy atom. The first-order valence-corrected chi connectivity index (χ1v) is 7.53. The maximum absolute atomic E-state index is 12.0. The maximum atomic E-state index is 12.0. The molecule has 0 spiro atoms. The van der Waals surface area contributed by atoms with E-state index in [-0.39, 0.29) is 31.7 Å². The number of methoxy groups -OCH3 is 1. The molecule has 0 saturated carbocycles. The van der Waals surface area contributed by atoms with Crippen LogP contribution in [0.2, 0.25) is 0 Å². The zero-order chi connectivity index (χ0) is 17.5. The third-order valence-electron chi connectivity index (χ3n) is 3.33. The fourth-order valence-corrected chi connectivity index (χ4v) is 2.15. The summed E-state index contributed by atoms with van der Waals surface area (Å²) in [5.41, 5.74) is 0.364. The second-order valence-corrected chi connectivity index (χ2v) is 4.90. The zero-order valence-corrected chi connectivity index (χ0v) is 13.6. The number of fused-ring (bicyclic) bond motifs is 1. The quantitative estimate of drug-likeness (QED) is 0.834. The van der Waals surface area contributed by atoms with Crippen molar-refractivity contribution in [2.45, 2.75) is 0 Å². The summed E-state index contributed by atoms with van der Waals surface area (Å²) < 4.78 is 21.0. The van der Waals surface area contributed by atoms with E-state index < -0.39 is 0 Å². The second kappa shape index (κ2) is 7.93. The molecule has 3 rings (SSSR count). The smallest absolute Gasteiger partial charge is 0.257 e. The van der Waals surface area contributed by atoms with Crippen LogP contribution in [-0.4, -0.2) is 37.9 Å². The Labute approximate surface area is 144 Å². The van der Waals surface area contributed by atoms with E-state index in [1.54, 1.807) is 36.5 Å². The van der Waals surface area contributed by atoms with Crippen molar-refractivity contribution in [3.8, 4) is 35.0 Å². The highest BCUT2D eigenvalue weighted by atomic mass is 16.7. The van der Waals surface area contributed by atoms with Gasteiger partial charge >= 0.3 is 0 Å². The predicted octanol–water partition coefficient (Wildman–Crippen LogP) is 1.63. The molecule has 0 aliphatic carbocycles. The average molecular weight is 340 g/mol. The summed E-state index contributed by atoms with van der Waals surface area (Å²) in [6.07, 6.45) is 1.56. The molecule has 0 unspecified atom stereocenters. The van der Waals surface area contributed by atoms with Crippen LogP contribution in [0, 0.1) is 11.8 Å². The van der Waals surface area contributed by atoms with Gasteiger partial charge in [-0.1, -0.05) is 11.8 Å². The monoisotopic (exact) mass is 340 g/mol. The van der Waals surface area contributed by atoms with Gasteiger partial charge in [0, 0.05) is 12.3 Å². The SMILES string of the molecule is COc1ncccc1C(=O)NCC#CCOc1ccc2c(c1)OCO2. The molecule has 0 bridgehead atoms. The number of amides is 1. The minimum absolute atomic E-state index is 0.196. The van der Waals surface area contributed by atoms with Crippen molar-refractivity contribution >= 4 is 5.91 Å². The number of carbonyl (C=O) groups is 1. The number of nitrogens with one attached hydrogen (secondary N) is 1. The molecule has 1 aromatic heterocycles. The van der Waals surface area contributed by atoms with Crippen LogP contribution < -0.4 is 24.3 Å². The molecule has 1 aromatic carbocycles. The molecule has 0 fully saturated rings. The van der Waals surface area contributed by atoms with Gasteiger partial charge in [-0.3, -0.25) is 4.79 Å². The topological polar surface area (TPSA) is 78.9 Å². The first-order chi connectivity index (χ1) is 12.3. The standard InChI is InChI=1S/C18H16N2O5/c1-22-18-14(5-4-9-20-18)17(21)19-8-2-3-10-23-13-6-7-15-16(11-13)25-12-24-15/h4-7,9,11H,8,10,12H2,1H3,(H,19,21). The summed E-state index contributed by atoms with van der Waals surface area (Å²) in [7, 11) is 1.46. The average Bonchev–Trinajstić information content (AvgIpc) is 3.12. The third kappa shape index (κ3) is 4.12. The molecule has 7 nitrogen and oxygen atoms in total. The summed E-state index contributed by atoms with van der Waals surface area (Å²) in [6.45, 7) is 0.618. The Balaban J connectivity index is 1.45. The van der Waals surface area contributed by atoms with Gasteiger partial charge in [0.05, 0.1) is 13.7 Å². The predicted molar refractivity (Wildman–Crippen MR) is 89.0 cm³/mol. The molecule has 2 heterocycles. The normalized spacial score (nSPS) is 11.2. The van der Waals surface area contributed by atoms with Gasteiger partial charge in [-0.2, -0.15) is 0 Å². The van der Waals surface area contributed by atoms with Crippen LogP contribution in [0.15, 0.2) is 36.5 Å². The van der Waals surface area contributed by atoms with Crippen LogP contribution in [-0.2, 0) is 0 Å². The Bertz CT molecular complexity index is 826. The number of benzene rings is 1. The van der Waals surface area contributed by atoms with Crippen molar-refractivity contribution in [1.82, 2.24) is 10.3 Å². The number of ether oxygens (including phenoxy) is 4. The van der Waals surface area contributed by atoms with Gasteiger partial charge in [-0.25, -0.2) is 4.98 Å². The van der Waals surface area contributed by atoms with E-state index in [1.807, 2.05) is 0 Å². The minimum Gasteiger partial charge on any atom is -0.481 e. The van der Waals surface area contributed by atoms with Crippen LogP contribution in [0.1, 0.15) is 10.4 Å². The van der Waals surface area contributed by atoms with Crippen molar-refractivity contribution < 1.29 is 23.7 Å². The van der Waals surface area contributed by atoms with Crippen LogP contribution in [0.5, 0.6) is 23.1 Å². The van der Waals surface area contributed by atoms with E-state index in [9.17, 15) is 4.79 Å². The van der Waals surface area contributed by atoms with E-state index in [0.29, 0.717) is 22.8 Å². The Hall–Kier alpha value is -3.40. The maximum Gasteiger partial charge on any atom is 0.257 e. The van der Waals surface area contributed by atoms with Gasteiger partial charge in [0.2, 0.25) is 12.7 Å². The van der Waals surface area contributed by atoms with Gasteiger partial charge < -0.3 is 24.3 Å². The van der Waals surface area contributed by atoms with Crippen molar-refractivity contribution in [2.75, 3.05) is 27.1 Å². The van der Waals surface area contributed by atoms with Gasteiger partial charge in [0.1, 0.15) is 17.9 Å². The van der Waals surface area contributed by atoms with Crippen molar-refractivity contribution in [3.63, 3.8) is 0 Å². The Morgan fingerprint density at radius 2 is 2.16 bits per heavy atom. The fourth-order valence-electron chi connectivity index (χ4n) is 2.15. The highest BCUT2D eigenvalue weighted by Gasteiger charge is 2.13. The molecule has 7 heteroatoms. The molecule has 0 radical (unpaired) electrons. The molecule has 25 heavy (non-hydrogen) atoms. The molecular formula is C18H16N2O5. The lowest BCUT2D eigenvalue weighted by molar-refractivity contribution is 0.0955. The molecule has 1 amide bonds. The molecule has 0 atom stereocenters. The number of aromatic nitrogens is 1. The van der Waals surface area contributed by atoms with E-state index in [4.69, 9.17) is 18.9 Å². The summed E-state index contributed by atoms with van der Waals surface area (Å²) >= 11 is 0. The van der Waals surface area contributed by atoms with Crippen LogP contribution in [0.3, 0.4) is 0 Å². The van der Waals surface area contributed by atoms with E-state index in [2.05, 4.69) is 22.1 Å². The highest BCUT2D eigenvalue weighted by Crippen LogP contribution is 2.34. The van der Waals surface area contributed by atoms with Gasteiger partial charge in [0.15, 0.2) is 11.5 Å². The molecule has 2 aromatic rings. The number of pyridine rings is 1. The molecule has 0 saturated heterocycles. The lowest BCUT2D eigenvalue weighted by Gasteiger charge is -2.05. The Kier molecular flexibility index (Phi) is 5.22. The van der Waals surface area contributed by atoms with Gasteiger partial charge in [0.25, 0.3) is 5.91 Å². The summed E-state index contributed by atoms with van der Waals surface area (Å²) in [5.74, 6) is 7.63. The summed E-state index contributed by atoms with van der Waals surface area (Å²) in [5, 5.41) is 2.68. The molecule has 1 aliphatic rings. The first-order valence-electron chi connectivity index (χ1n) is 7.53.